The molecule has 0 fully saturated rings. The van der Waals surface area contributed by atoms with Crippen LogP contribution in [-0.2, 0) is 0 Å². The monoisotopic (exact) mass is 234 g/mol. The topological polar surface area (TPSA) is 52.6 Å². The van der Waals surface area contributed by atoms with E-state index in [4.69, 9.17) is 5.11 Å². The smallest absolute Gasteiger partial charge is 0.335 e. The molecule has 0 aromatic heterocycles. The third-order valence-electron chi connectivity index (χ3n) is 3.05. The normalized spacial score (nSPS) is 18.8. The first-order chi connectivity index (χ1) is 7.99. The van der Waals surface area contributed by atoms with Gasteiger partial charge in [-0.25, -0.2) is 4.79 Å². The molecule has 0 saturated heterocycles. The molecule has 1 atom stereocenters. The van der Waals surface area contributed by atoms with Gasteiger partial charge in [0.15, 0.2) is 0 Å². The van der Waals surface area contributed by atoms with Gasteiger partial charge in [0, 0.05) is 18.6 Å². The summed E-state index contributed by atoms with van der Waals surface area (Å²) in [5, 5.41) is 12.4. The van der Waals surface area contributed by atoms with Gasteiger partial charge in [0.2, 0.25) is 0 Å². The van der Waals surface area contributed by atoms with Crippen molar-refractivity contribution >= 4 is 17.3 Å². The number of hydrogen-bond donors (Lipinski definition) is 2. The SMILES string of the molecule is CC1CN(C(C)C)c2cc(C(=O)O)ccc2N1. The van der Waals surface area contributed by atoms with Gasteiger partial charge in [-0.2, -0.15) is 0 Å². The van der Waals surface area contributed by atoms with Crippen molar-refractivity contribution in [2.75, 3.05) is 16.8 Å². The molecular weight excluding hydrogens is 216 g/mol. The van der Waals surface area contributed by atoms with E-state index in [1.807, 2.05) is 6.07 Å². The minimum Gasteiger partial charge on any atom is -0.478 e. The van der Waals surface area contributed by atoms with Gasteiger partial charge < -0.3 is 15.3 Å². The second-order valence-electron chi connectivity index (χ2n) is 4.83. The summed E-state index contributed by atoms with van der Waals surface area (Å²) < 4.78 is 0. The van der Waals surface area contributed by atoms with Gasteiger partial charge in [0.1, 0.15) is 0 Å². The minimum atomic E-state index is -0.880. The predicted octanol–water partition coefficient (Wildman–Crippen LogP) is 2.41. The van der Waals surface area contributed by atoms with Gasteiger partial charge in [0.25, 0.3) is 0 Å². The summed E-state index contributed by atoms with van der Waals surface area (Å²) in [7, 11) is 0. The Hall–Kier alpha value is -1.71. The average Bonchev–Trinajstić information content (AvgIpc) is 2.26. The highest BCUT2D eigenvalue weighted by atomic mass is 16.4. The van der Waals surface area contributed by atoms with Crippen molar-refractivity contribution in [3.63, 3.8) is 0 Å². The molecule has 0 amide bonds. The number of carboxylic acids is 1. The molecule has 1 heterocycles. The molecule has 1 aromatic rings. The molecule has 1 aliphatic rings. The molecule has 0 radical (unpaired) electrons. The lowest BCUT2D eigenvalue weighted by atomic mass is 10.1. The first kappa shape index (κ1) is 11.8. The van der Waals surface area contributed by atoms with Crippen molar-refractivity contribution in [1.82, 2.24) is 0 Å². The van der Waals surface area contributed by atoms with Crippen LogP contribution in [0.3, 0.4) is 0 Å². The fourth-order valence-corrected chi connectivity index (χ4v) is 2.22. The van der Waals surface area contributed by atoms with Crippen LogP contribution in [0.25, 0.3) is 0 Å². The molecule has 0 aliphatic carbocycles. The lowest BCUT2D eigenvalue weighted by Crippen LogP contribution is -2.43. The van der Waals surface area contributed by atoms with Crippen molar-refractivity contribution in [2.24, 2.45) is 0 Å². The standard InChI is InChI=1S/C13H18N2O2/c1-8(2)15-7-9(3)14-11-5-4-10(13(16)17)6-12(11)15/h4-6,8-9,14H,7H2,1-3H3,(H,16,17). The van der Waals surface area contributed by atoms with Crippen molar-refractivity contribution in [2.45, 2.75) is 32.9 Å². The molecule has 0 saturated carbocycles. The first-order valence-electron chi connectivity index (χ1n) is 5.89. The summed E-state index contributed by atoms with van der Waals surface area (Å²) in [4.78, 5) is 13.2. The van der Waals surface area contributed by atoms with Crippen molar-refractivity contribution in [3.8, 4) is 0 Å². The Morgan fingerprint density at radius 2 is 2.24 bits per heavy atom. The molecule has 1 unspecified atom stereocenters. The average molecular weight is 234 g/mol. The van der Waals surface area contributed by atoms with E-state index in [1.165, 1.54) is 0 Å². The molecule has 0 bridgehead atoms. The van der Waals surface area contributed by atoms with Crippen LogP contribution in [0.15, 0.2) is 18.2 Å². The Morgan fingerprint density at radius 1 is 1.53 bits per heavy atom. The number of nitrogens with zero attached hydrogens (tertiary/aromatic N) is 1. The summed E-state index contributed by atoms with van der Waals surface area (Å²) in [5.74, 6) is -0.880. The van der Waals surface area contributed by atoms with Crippen molar-refractivity contribution in [3.05, 3.63) is 23.8 Å². The Balaban J connectivity index is 2.46. The van der Waals surface area contributed by atoms with Crippen LogP contribution in [-0.4, -0.2) is 29.7 Å². The number of carboxylic acid groups (broad SMARTS) is 1. The lowest BCUT2D eigenvalue weighted by Gasteiger charge is -2.38. The van der Waals surface area contributed by atoms with E-state index in [2.05, 4.69) is 31.0 Å². The summed E-state index contributed by atoms with van der Waals surface area (Å²) in [6.07, 6.45) is 0. The van der Waals surface area contributed by atoms with Gasteiger partial charge >= 0.3 is 5.97 Å². The fraction of sp³-hybridized carbons (Fsp3) is 0.462. The molecule has 92 valence electrons. The van der Waals surface area contributed by atoms with E-state index in [0.29, 0.717) is 17.6 Å². The van der Waals surface area contributed by atoms with Crippen LogP contribution in [0.4, 0.5) is 11.4 Å². The molecule has 17 heavy (non-hydrogen) atoms. The molecule has 4 heteroatoms. The Bertz CT molecular complexity index is 443. The number of fused-ring (bicyclic) bond motifs is 1. The maximum Gasteiger partial charge on any atom is 0.335 e. The zero-order valence-electron chi connectivity index (χ0n) is 10.4. The maximum atomic E-state index is 11.0. The summed E-state index contributed by atoms with van der Waals surface area (Å²) in [5.41, 5.74) is 2.34. The van der Waals surface area contributed by atoms with E-state index >= 15 is 0 Å². The lowest BCUT2D eigenvalue weighted by molar-refractivity contribution is 0.0697. The number of nitrogens with one attached hydrogen (secondary N) is 1. The van der Waals surface area contributed by atoms with Crippen LogP contribution in [0, 0.1) is 0 Å². The highest BCUT2D eigenvalue weighted by Gasteiger charge is 2.23. The van der Waals surface area contributed by atoms with Crippen LogP contribution < -0.4 is 10.2 Å². The van der Waals surface area contributed by atoms with Crippen LogP contribution in [0.1, 0.15) is 31.1 Å². The Kier molecular flexibility index (Phi) is 2.96. The van der Waals surface area contributed by atoms with Gasteiger partial charge in [0.05, 0.1) is 16.9 Å². The molecule has 2 rings (SSSR count). The summed E-state index contributed by atoms with van der Waals surface area (Å²) >= 11 is 0. The number of benzene rings is 1. The fourth-order valence-electron chi connectivity index (χ4n) is 2.22. The van der Waals surface area contributed by atoms with Crippen LogP contribution in [0.5, 0.6) is 0 Å². The number of aromatic carboxylic acids is 1. The van der Waals surface area contributed by atoms with Crippen LogP contribution >= 0.6 is 0 Å². The number of carbonyl (C=O) groups is 1. The quantitative estimate of drug-likeness (QED) is 0.825. The Labute approximate surface area is 101 Å². The highest BCUT2D eigenvalue weighted by molar-refractivity contribution is 5.91. The first-order valence-corrected chi connectivity index (χ1v) is 5.89. The number of rotatable bonds is 2. The second-order valence-corrected chi connectivity index (χ2v) is 4.83. The highest BCUT2D eigenvalue weighted by Crippen LogP contribution is 2.33. The zero-order valence-corrected chi connectivity index (χ0v) is 10.4. The maximum absolute atomic E-state index is 11.0. The third-order valence-corrected chi connectivity index (χ3v) is 3.05. The largest absolute Gasteiger partial charge is 0.478 e. The third kappa shape index (κ3) is 2.20. The van der Waals surface area contributed by atoms with E-state index in [9.17, 15) is 4.79 Å². The zero-order chi connectivity index (χ0) is 12.6. The molecule has 0 spiro atoms. The van der Waals surface area contributed by atoms with E-state index in [-0.39, 0.29) is 0 Å². The number of hydrogen-bond acceptors (Lipinski definition) is 3. The van der Waals surface area contributed by atoms with Crippen LogP contribution in [0.2, 0.25) is 0 Å². The molecule has 1 aliphatic heterocycles. The van der Waals surface area contributed by atoms with Gasteiger partial charge in [-0.05, 0) is 39.0 Å². The van der Waals surface area contributed by atoms with Crippen molar-refractivity contribution in [1.29, 1.82) is 0 Å². The van der Waals surface area contributed by atoms with Gasteiger partial charge in [-0.3, -0.25) is 0 Å². The minimum absolute atomic E-state index is 0.339. The number of anilines is 2. The molecule has 1 aromatic carbocycles. The van der Waals surface area contributed by atoms with Gasteiger partial charge in [-0.15, -0.1) is 0 Å². The molecular formula is C13H18N2O2. The molecule has 2 N–H and O–H groups in total. The Morgan fingerprint density at radius 3 is 2.82 bits per heavy atom. The summed E-state index contributed by atoms with van der Waals surface area (Å²) in [6.45, 7) is 7.27. The van der Waals surface area contributed by atoms with E-state index < -0.39 is 5.97 Å². The predicted molar refractivity (Wildman–Crippen MR) is 69.0 cm³/mol. The van der Waals surface area contributed by atoms with E-state index in [0.717, 1.165) is 17.9 Å². The van der Waals surface area contributed by atoms with Gasteiger partial charge in [-0.1, -0.05) is 0 Å². The van der Waals surface area contributed by atoms with Crippen molar-refractivity contribution < 1.29 is 9.90 Å². The summed E-state index contributed by atoms with van der Waals surface area (Å²) in [6, 6.07) is 5.98. The van der Waals surface area contributed by atoms with E-state index in [1.54, 1.807) is 12.1 Å². The molecule has 4 nitrogen and oxygen atoms in total. The second kappa shape index (κ2) is 4.28.